The van der Waals surface area contributed by atoms with Gasteiger partial charge >= 0.3 is 5.72 Å². The van der Waals surface area contributed by atoms with Crippen LogP contribution in [0, 0.1) is 10.1 Å². The molecule has 96 valence electrons. The molecule has 0 amide bonds. The highest BCUT2D eigenvalue weighted by atomic mass is 79.9. The Labute approximate surface area is 108 Å². The predicted molar refractivity (Wildman–Crippen MR) is 66.5 cm³/mol. The second kappa shape index (κ2) is 6.85. The van der Waals surface area contributed by atoms with Crippen molar-refractivity contribution in [1.29, 1.82) is 0 Å². The normalized spacial score (nSPS) is 27.3. The van der Waals surface area contributed by atoms with Gasteiger partial charge in [-0.2, -0.15) is 0 Å². The van der Waals surface area contributed by atoms with Crippen LogP contribution in [0.5, 0.6) is 0 Å². The predicted octanol–water partition coefficient (Wildman–Crippen LogP) is 0.841. The summed E-state index contributed by atoms with van der Waals surface area (Å²) in [7, 11) is 0. The van der Waals surface area contributed by atoms with E-state index in [9.17, 15) is 10.1 Å². The van der Waals surface area contributed by atoms with Gasteiger partial charge in [-0.3, -0.25) is 10.1 Å². The molecule has 0 spiro atoms. The van der Waals surface area contributed by atoms with E-state index in [1.807, 2.05) is 0 Å². The standard InChI is InChI=1S/C10H15BrN2O4/c11-5-6-16-7-8-17-10(13(14)15)4-2-1-3-9(10)12/h1-4,9H,5-8,12H2. The van der Waals surface area contributed by atoms with Crippen LogP contribution in [0.2, 0.25) is 0 Å². The van der Waals surface area contributed by atoms with Gasteiger partial charge in [-0.1, -0.05) is 34.2 Å². The number of halogens is 1. The van der Waals surface area contributed by atoms with E-state index in [4.69, 9.17) is 15.2 Å². The van der Waals surface area contributed by atoms with E-state index in [-0.39, 0.29) is 6.61 Å². The number of nitrogens with two attached hydrogens (primary N) is 1. The first kappa shape index (κ1) is 14.3. The molecule has 6 nitrogen and oxygen atoms in total. The molecule has 0 aliphatic heterocycles. The first-order valence-corrected chi connectivity index (χ1v) is 6.29. The SMILES string of the molecule is NC1C=CC=CC1(OCCOCCBr)[N+](=O)[O-]. The molecule has 0 heterocycles. The third-order valence-corrected chi connectivity index (χ3v) is 2.63. The summed E-state index contributed by atoms with van der Waals surface area (Å²) in [6.45, 7) is 0.960. The molecule has 2 unspecified atom stereocenters. The van der Waals surface area contributed by atoms with Gasteiger partial charge < -0.3 is 15.2 Å². The first-order valence-electron chi connectivity index (χ1n) is 5.17. The summed E-state index contributed by atoms with van der Waals surface area (Å²) >= 11 is 3.21. The summed E-state index contributed by atoms with van der Waals surface area (Å²) in [5, 5.41) is 11.8. The van der Waals surface area contributed by atoms with E-state index >= 15 is 0 Å². The molecule has 1 aliphatic carbocycles. The number of rotatable bonds is 7. The Balaban J connectivity index is 2.52. The molecule has 2 atom stereocenters. The molecule has 1 rings (SSSR count). The van der Waals surface area contributed by atoms with Crippen molar-refractivity contribution in [2.75, 3.05) is 25.2 Å². The first-order chi connectivity index (χ1) is 8.13. The summed E-state index contributed by atoms with van der Waals surface area (Å²) in [6.07, 6.45) is 6.13. The van der Waals surface area contributed by atoms with Crippen LogP contribution in [0.3, 0.4) is 0 Å². The van der Waals surface area contributed by atoms with Crippen molar-refractivity contribution in [3.8, 4) is 0 Å². The molecule has 0 bridgehead atoms. The number of allylic oxidation sites excluding steroid dienone is 2. The van der Waals surface area contributed by atoms with E-state index in [1.165, 1.54) is 6.08 Å². The molecular weight excluding hydrogens is 292 g/mol. The minimum absolute atomic E-state index is 0.125. The lowest BCUT2D eigenvalue weighted by Crippen LogP contribution is -2.54. The molecule has 0 saturated heterocycles. The van der Waals surface area contributed by atoms with Crippen molar-refractivity contribution in [3.63, 3.8) is 0 Å². The highest BCUT2D eigenvalue weighted by molar-refractivity contribution is 9.09. The lowest BCUT2D eigenvalue weighted by atomic mass is 10.00. The van der Waals surface area contributed by atoms with E-state index in [0.29, 0.717) is 13.2 Å². The van der Waals surface area contributed by atoms with Crippen LogP contribution in [-0.4, -0.2) is 41.8 Å². The van der Waals surface area contributed by atoms with Crippen molar-refractivity contribution in [3.05, 3.63) is 34.4 Å². The van der Waals surface area contributed by atoms with Crippen LogP contribution in [0.4, 0.5) is 0 Å². The van der Waals surface area contributed by atoms with Crippen molar-refractivity contribution < 1.29 is 14.4 Å². The fourth-order valence-corrected chi connectivity index (χ4v) is 1.66. The van der Waals surface area contributed by atoms with Gasteiger partial charge in [0.05, 0.1) is 24.7 Å². The molecule has 0 aromatic heterocycles. The summed E-state index contributed by atoms with van der Waals surface area (Å²) in [4.78, 5) is 10.6. The molecule has 0 aromatic carbocycles. The topological polar surface area (TPSA) is 87.6 Å². The Morgan fingerprint density at radius 1 is 1.41 bits per heavy atom. The molecule has 7 heteroatoms. The van der Waals surface area contributed by atoms with Gasteiger partial charge in [0, 0.05) is 11.4 Å². The van der Waals surface area contributed by atoms with E-state index in [0.717, 1.165) is 5.33 Å². The minimum Gasteiger partial charge on any atom is -0.378 e. The zero-order chi connectivity index (χ0) is 12.7. The number of ether oxygens (including phenoxy) is 2. The molecule has 0 radical (unpaired) electrons. The second-order valence-electron chi connectivity index (χ2n) is 3.43. The maximum atomic E-state index is 11.1. The van der Waals surface area contributed by atoms with Crippen LogP contribution in [0.25, 0.3) is 0 Å². The number of nitro groups is 1. The summed E-state index contributed by atoms with van der Waals surface area (Å²) in [5.41, 5.74) is 4.03. The van der Waals surface area contributed by atoms with Gasteiger partial charge in [0.2, 0.25) is 0 Å². The summed E-state index contributed by atoms with van der Waals surface area (Å²) in [5.74, 6) is 0. The zero-order valence-electron chi connectivity index (χ0n) is 9.25. The van der Waals surface area contributed by atoms with E-state index in [2.05, 4.69) is 15.9 Å². The number of hydrogen-bond donors (Lipinski definition) is 1. The monoisotopic (exact) mass is 306 g/mol. The molecular formula is C10H15BrN2O4. The Bertz CT molecular complexity index is 321. The second-order valence-corrected chi connectivity index (χ2v) is 4.22. The average Bonchev–Trinajstić information content (AvgIpc) is 2.31. The Morgan fingerprint density at radius 2 is 2.18 bits per heavy atom. The van der Waals surface area contributed by atoms with Crippen LogP contribution in [-0.2, 0) is 9.47 Å². The maximum Gasteiger partial charge on any atom is 0.363 e. The maximum absolute atomic E-state index is 11.1. The highest BCUT2D eigenvalue weighted by Gasteiger charge is 2.48. The van der Waals surface area contributed by atoms with Crippen molar-refractivity contribution in [1.82, 2.24) is 0 Å². The van der Waals surface area contributed by atoms with Gasteiger partial charge in [-0.25, -0.2) is 0 Å². The lowest BCUT2D eigenvalue weighted by molar-refractivity contribution is -0.615. The van der Waals surface area contributed by atoms with Crippen LogP contribution in [0.1, 0.15) is 0 Å². The Kier molecular flexibility index (Phi) is 5.76. The molecule has 1 aliphatic rings. The smallest absolute Gasteiger partial charge is 0.363 e. The highest BCUT2D eigenvalue weighted by Crippen LogP contribution is 2.22. The summed E-state index contributed by atoms with van der Waals surface area (Å²) < 4.78 is 10.4. The number of alkyl halides is 1. The largest absolute Gasteiger partial charge is 0.378 e. The van der Waals surface area contributed by atoms with Crippen LogP contribution in [0.15, 0.2) is 24.3 Å². The van der Waals surface area contributed by atoms with Gasteiger partial charge in [-0.15, -0.1) is 0 Å². The fraction of sp³-hybridized carbons (Fsp3) is 0.600. The zero-order valence-corrected chi connectivity index (χ0v) is 10.8. The number of hydrogen-bond acceptors (Lipinski definition) is 5. The van der Waals surface area contributed by atoms with Gasteiger partial charge in [0.25, 0.3) is 0 Å². The van der Waals surface area contributed by atoms with Gasteiger partial charge in [0.1, 0.15) is 6.04 Å². The quantitative estimate of drug-likeness (QED) is 0.248. The van der Waals surface area contributed by atoms with Gasteiger partial charge in [-0.05, 0) is 0 Å². The Hall–Kier alpha value is -0.760. The van der Waals surface area contributed by atoms with E-state index in [1.54, 1.807) is 18.2 Å². The molecule has 0 fully saturated rings. The molecule has 0 aromatic rings. The molecule has 17 heavy (non-hydrogen) atoms. The summed E-state index contributed by atoms with van der Waals surface area (Å²) in [6, 6.07) is -0.793. The lowest BCUT2D eigenvalue weighted by Gasteiger charge is -2.27. The van der Waals surface area contributed by atoms with E-state index < -0.39 is 16.7 Å². The van der Waals surface area contributed by atoms with Gasteiger partial charge in [0.15, 0.2) is 0 Å². The van der Waals surface area contributed by atoms with Crippen LogP contribution < -0.4 is 5.73 Å². The van der Waals surface area contributed by atoms with Crippen LogP contribution >= 0.6 is 15.9 Å². The van der Waals surface area contributed by atoms with Crippen molar-refractivity contribution in [2.45, 2.75) is 11.8 Å². The number of nitrogens with zero attached hydrogens (tertiary/aromatic N) is 1. The Morgan fingerprint density at radius 3 is 2.76 bits per heavy atom. The fourth-order valence-electron chi connectivity index (χ4n) is 1.43. The van der Waals surface area contributed by atoms with Crippen molar-refractivity contribution >= 4 is 15.9 Å². The van der Waals surface area contributed by atoms with Crippen molar-refractivity contribution in [2.24, 2.45) is 5.73 Å². The molecule has 0 saturated carbocycles. The molecule has 2 N–H and O–H groups in total. The third-order valence-electron chi connectivity index (χ3n) is 2.31. The minimum atomic E-state index is -1.67. The third kappa shape index (κ3) is 3.60. The average molecular weight is 307 g/mol.